The molecule has 0 aliphatic heterocycles. The Labute approximate surface area is 100 Å². The van der Waals surface area contributed by atoms with Gasteiger partial charge in [-0.3, -0.25) is 0 Å². The van der Waals surface area contributed by atoms with E-state index in [4.69, 9.17) is 0 Å². The van der Waals surface area contributed by atoms with E-state index in [2.05, 4.69) is 78.0 Å². The zero-order valence-corrected chi connectivity index (χ0v) is 11.5. The highest BCUT2D eigenvalue weighted by Crippen LogP contribution is 2.38. The molecule has 0 bridgehead atoms. The monoisotopic (exact) mass is 216 g/mol. The third kappa shape index (κ3) is 3.23. The van der Waals surface area contributed by atoms with Gasteiger partial charge in [0, 0.05) is 0 Å². The summed E-state index contributed by atoms with van der Waals surface area (Å²) >= 11 is 0. The first-order valence-corrected chi connectivity index (χ1v) is 5.99. The van der Waals surface area contributed by atoms with Crippen LogP contribution < -0.4 is 0 Å². The predicted molar refractivity (Wildman–Crippen MR) is 73.4 cm³/mol. The van der Waals surface area contributed by atoms with Gasteiger partial charge in [0.1, 0.15) is 0 Å². The molecule has 0 saturated carbocycles. The molecular formula is C16H24. The van der Waals surface area contributed by atoms with Gasteiger partial charge in [-0.05, 0) is 22.0 Å². The molecule has 0 heteroatoms. The van der Waals surface area contributed by atoms with E-state index < -0.39 is 0 Å². The Morgan fingerprint density at radius 3 is 1.12 bits per heavy atom. The first-order valence-electron chi connectivity index (χ1n) is 5.99. The van der Waals surface area contributed by atoms with Crippen molar-refractivity contribution in [3.63, 3.8) is 0 Å². The van der Waals surface area contributed by atoms with Gasteiger partial charge >= 0.3 is 0 Å². The fourth-order valence-corrected chi connectivity index (χ4v) is 1.92. The molecule has 0 unspecified atom stereocenters. The second-order valence-electron chi connectivity index (χ2n) is 6.43. The summed E-state index contributed by atoms with van der Waals surface area (Å²) in [5, 5.41) is 0. The summed E-state index contributed by atoms with van der Waals surface area (Å²) in [6, 6.07) is 0. The van der Waals surface area contributed by atoms with Crippen molar-refractivity contribution in [1.29, 1.82) is 0 Å². The average Bonchev–Trinajstić information content (AvgIpc) is 1.96. The second-order valence-corrected chi connectivity index (χ2v) is 6.43. The van der Waals surface area contributed by atoms with Gasteiger partial charge < -0.3 is 0 Å². The minimum Gasteiger partial charge on any atom is -0.0623 e. The van der Waals surface area contributed by atoms with Crippen molar-refractivity contribution in [2.75, 3.05) is 0 Å². The van der Waals surface area contributed by atoms with Crippen LogP contribution in [0.25, 0.3) is 0 Å². The summed E-state index contributed by atoms with van der Waals surface area (Å²) in [7, 11) is 0. The average molecular weight is 216 g/mol. The molecule has 88 valence electrons. The molecule has 0 heterocycles. The Hall–Kier alpha value is -1.04. The summed E-state index contributed by atoms with van der Waals surface area (Å²) in [5.74, 6) is 0. The quantitative estimate of drug-likeness (QED) is 0.531. The number of allylic oxidation sites excluding steroid dienone is 8. The molecule has 0 aromatic carbocycles. The molecule has 0 aromatic rings. The van der Waals surface area contributed by atoms with Crippen LogP contribution in [0.1, 0.15) is 41.5 Å². The van der Waals surface area contributed by atoms with Crippen molar-refractivity contribution in [3.8, 4) is 0 Å². The minimum atomic E-state index is 0.189. The maximum atomic E-state index is 2.28. The van der Waals surface area contributed by atoms with Crippen LogP contribution in [-0.2, 0) is 0 Å². The lowest BCUT2D eigenvalue weighted by Gasteiger charge is -2.30. The molecule has 0 nitrogen and oxygen atoms in total. The van der Waals surface area contributed by atoms with Crippen LogP contribution in [0.4, 0.5) is 0 Å². The molecule has 0 fully saturated rings. The molecule has 1 rings (SSSR count). The Bertz CT molecular complexity index is 324. The summed E-state index contributed by atoms with van der Waals surface area (Å²) in [4.78, 5) is 0. The van der Waals surface area contributed by atoms with Crippen LogP contribution in [0.15, 0.2) is 47.6 Å². The van der Waals surface area contributed by atoms with Crippen molar-refractivity contribution in [3.05, 3.63) is 47.6 Å². The Morgan fingerprint density at radius 2 is 0.875 bits per heavy atom. The molecular weight excluding hydrogens is 192 g/mol. The largest absolute Gasteiger partial charge is 0.0623 e. The van der Waals surface area contributed by atoms with Crippen molar-refractivity contribution < 1.29 is 0 Å². The van der Waals surface area contributed by atoms with Crippen LogP contribution in [-0.4, -0.2) is 0 Å². The number of hydrogen-bond donors (Lipinski definition) is 0. The van der Waals surface area contributed by atoms with Crippen LogP contribution in [0.3, 0.4) is 0 Å². The first-order chi connectivity index (χ1) is 7.23. The van der Waals surface area contributed by atoms with Crippen molar-refractivity contribution in [2.45, 2.75) is 41.5 Å². The highest BCUT2D eigenvalue weighted by Gasteiger charge is 2.24. The van der Waals surface area contributed by atoms with Crippen molar-refractivity contribution in [2.24, 2.45) is 10.8 Å². The van der Waals surface area contributed by atoms with E-state index >= 15 is 0 Å². The van der Waals surface area contributed by atoms with Gasteiger partial charge in [0.2, 0.25) is 0 Å². The highest BCUT2D eigenvalue weighted by molar-refractivity contribution is 5.43. The summed E-state index contributed by atoms with van der Waals surface area (Å²) in [5.41, 5.74) is 3.24. The SMILES string of the molecule is CC(C)(C)C1=C(C(C)(C)C)/C=C\C=C/C=C\1. The van der Waals surface area contributed by atoms with E-state index in [1.165, 1.54) is 11.1 Å². The number of rotatable bonds is 0. The van der Waals surface area contributed by atoms with Crippen LogP contribution in [0.5, 0.6) is 0 Å². The van der Waals surface area contributed by atoms with Gasteiger partial charge in [-0.25, -0.2) is 0 Å². The van der Waals surface area contributed by atoms with E-state index in [0.717, 1.165) is 0 Å². The third-order valence-corrected chi connectivity index (χ3v) is 2.77. The van der Waals surface area contributed by atoms with Crippen LogP contribution in [0.2, 0.25) is 0 Å². The molecule has 0 aromatic heterocycles. The molecule has 0 radical (unpaired) electrons. The molecule has 0 spiro atoms. The van der Waals surface area contributed by atoms with Crippen molar-refractivity contribution in [1.82, 2.24) is 0 Å². The fourth-order valence-electron chi connectivity index (χ4n) is 1.92. The zero-order chi connectivity index (χ0) is 12.4. The van der Waals surface area contributed by atoms with Gasteiger partial charge in [-0.2, -0.15) is 0 Å². The van der Waals surface area contributed by atoms with E-state index in [0.29, 0.717) is 0 Å². The van der Waals surface area contributed by atoms with E-state index in [-0.39, 0.29) is 10.8 Å². The van der Waals surface area contributed by atoms with Crippen LogP contribution in [0, 0.1) is 10.8 Å². The normalized spacial score (nSPS) is 28.1. The lowest BCUT2D eigenvalue weighted by molar-refractivity contribution is 0.463. The van der Waals surface area contributed by atoms with Gasteiger partial charge in [0.15, 0.2) is 0 Å². The maximum absolute atomic E-state index is 2.28. The van der Waals surface area contributed by atoms with Gasteiger partial charge in [-0.15, -0.1) is 0 Å². The fraction of sp³-hybridized carbons (Fsp3) is 0.500. The van der Waals surface area contributed by atoms with Gasteiger partial charge in [0.25, 0.3) is 0 Å². The minimum absolute atomic E-state index is 0.189. The highest BCUT2D eigenvalue weighted by atomic mass is 14.3. The van der Waals surface area contributed by atoms with E-state index in [9.17, 15) is 0 Å². The summed E-state index contributed by atoms with van der Waals surface area (Å²) in [6.07, 6.45) is 12.9. The standard InChI is InChI=1S/C16H24/c1-15(2,3)13-11-9-7-8-10-12-14(13)16(4,5)6/h7-12H,1-6H3/b8-7-,9-7?,10-8?,11-9-,12-10-,13-11?,14-12?,14-13-. The third-order valence-electron chi connectivity index (χ3n) is 2.77. The Balaban J connectivity index is 3.38. The Kier molecular flexibility index (Phi) is 3.62. The Morgan fingerprint density at radius 1 is 0.562 bits per heavy atom. The zero-order valence-electron chi connectivity index (χ0n) is 11.5. The second kappa shape index (κ2) is 4.45. The lowest BCUT2D eigenvalue weighted by atomic mass is 9.74. The molecule has 0 atom stereocenters. The van der Waals surface area contributed by atoms with Crippen LogP contribution >= 0.6 is 0 Å². The van der Waals surface area contributed by atoms with E-state index in [1.807, 2.05) is 0 Å². The molecule has 1 aliphatic rings. The first kappa shape index (κ1) is 13.0. The smallest absolute Gasteiger partial charge is 0.0129 e. The lowest BCUT2D eigenvalue weighted by Crippen LogP contribution is -2.17. The molecule has 0 N–H and O–H groups in total. The molecule has 16 heavy (non-hydrogen) atoms. The molecule has 0 saturated heterocycles. The molecule has 1 aliphatic carbocycles. The summed E-state index contributed by atoms with van der Waals surface area (Å²) < 4.78 is 0. The molecule has 0 amide bonds. The van der Waals surface area contributed by atoms with Gasteiger partial charge in [0.05, 0.1) is 0 Å². The summed E-state index contributed by atoms with van der Waals surface area (Å²) in [6.45, 7) is 13.7. The predicted octanol–water partition coefficient (Wildman–Crippen LogP) is 5.06. The van der Waals surface area contributed by atoms with Crippen molar-refractivity contribution >= 4 is 0 Å². The topological polar surface area (TPSA) is 0 Å². The van der Waals surface area contributed by atoms with Gasteiger partial charge in [-0.1, -0.05) is 78.0 Å². The maximum Gasteiger partial charge on any atom is -0.0129 e. The van der Waals surface area contributed by atoms with E-state index in [1.54, 1.807) is 0 Å². The number of hydrogen-bond acceptors (Lipinski definition) is 0.